The highest BCUT2D eigenvalue weighted by atomic mass is 32.2. The van der Waals surface area contributed by atoms with Crippen molar-refractivity contribution >= 4 is 21.4 Å². The van der Waals surface area contributed by atoms with Crippen molar-refractivity contribution < 1.29 is 8.42 Å². The molecule has 2 N–H and O–H groups in total. The topological polar surface area (TPSA) is 58.2 Å². The van der Waals surface area contributed by atoms with Gasteiger partial charge >= 0.3 is 0 Å². The van der Waals surface area contributed by atoms with Crippen LogP contribution in [0.2, 0.25) is 0 Å². The first-order chi connectivity index (χ1) is 9.12. The lowest BCUT2D eigenvalue weighted by molar-refractivity contribution is 0.581. The van der Waals surface area contributed by atoms with Crippen LogP contribution in [0.15, 0.2) is 46.7 Å². The Balaban J connectivity index is 2.05. The monoisotopic (exact) mass is 296 g/mol. The highest BCUT2D eigenvalue weighted by Crippen LogP contribution is 2.19. The minimum Gasteiger partial charge on any atom is -0.315 e. The van der Waals surface area contributed by atoms with Crippen LogP contribution in [0.3, 0.4) is 0 Å². The lowest BCUT2D eigenvalue weighted by Gasteiger charge is -2.04. The summed E-state index contributed by atoms with van der Waals surface area (Å²) in [6.07, 6.45) is 0. The minimum absolute atomic E-state index is 0.306. The van der Waals surface area contributed by atoms with Crippen LogP contribution >= 0.6 is 11.3 Å². The summed E-state index contributed by atoms with van der Waals surface area (Å²) in [5, 5.41) is 4.67. The molecule has 0 spiro atoms. The number of nitrogens with one attached hydrogen (secondary N) is 2. The van der Waals surface area contributed by atoms with E-state index in [9.17, 15) is 8.42 Å². The van der Waals surface area contributed by atoms with E-state index < -0.39 is 10.0 Å². The van der Waals surface area contributed by atoms with Gasteiger partial charge < -0.3 is 5.32 Å². The van der Waals surface area contributed by atoms with Crippen LogP contribution in [0.4, 0.5) is 0 Å². The molecule has 6 heteroatoms. The molecule has 0 bridgehead atoms. The van der Waals surface area contributed by atoms with E-state index in [4.69, 9.17) is 0 Å². The van der Waals surface area contributed by atoms with E-state index in [1.54, 1.807) is 11.4 Å². The molecule has 0 aliphatic heterocycles. The molecule has 0 saturated heterocycles. The molecule has 0 saturated carbocycles. The summed E-state index contributed by atoms with van der Waals surface area (Å²) in [5.74, 6) is 0. The lowest BCUT2D eigenvalue weighted by Crippen LogP contribution is -2.22. The second-order valence-electron chi connectivity index (χ2n) is 4.09. The molecule has 0 aliphatic carbocycles. The van der Waals surface area contributed by atoms with E-state index >= 15 is 0 Å². The first-order valence-electron chi connectivity index (χ1n) is 5.87. The van der Waals surface area contributed by atoms with Gasteiger partial charge in [-0.3, -0.25) is 0 Å². The van der Waals surface area contributed by atoms with E-state index in [0.717, 1.165) is 10.4 Å². The van der Waals surface area contributed by atoms with Gasteiger partial charge in [0.2, 0.25) is 10.0 Å². The van der Waals surface area contributed by atoms with Crippen molar-refractivity contribution in [3.05, 3.63) is 52.2 Å². The fraction of sp³-hybridized carbons (Fsp3) is 0.231. The fourth-order valence-corrected chi connectivity index (χ4v) is 3.93. The van der Waals surface area contributed by atoms with Gasteiger partial charge in [0.05, 0.1) is 4.90 Å². The third-order valence-electron chi connectivity index (χ3n) is 2.60. The molecule has 1 aromatic heterocycles. The number of hydrogen-bond donors (Lipinski definition) is 2. The van der Waals surface area contributed by atoms with E-state index in [1.165, 1.54) is 11.3 Å². The van der Waals surface area contributed by atoms with Crippen molar-refractivity contribution in [3.63, 3.8) is 0 Å². The molecule has 2 rings (SSSR count). The van der Waals surface area contributed by atoms with Crippen LogP contribution in [0.5, 0.6) is 0 Å². The zero-order valence-electron chi connectivity index (χ0n) is 10.6. The first-order valence-corrected chi connectivity index (χ1v) is 8.24. The van der Waals surface area contributed by atoms with Crippen LogP contribution in [0, 0.1) is 0 Å². The summed E-state index contributed by atoms with van der Waals surface area (Å²) in [6, 6.07) is 11.2. The molecule has 2 aromatic rings. The maximum Gasteiger partial charge on any atom is 0.241 e. The van der Waals surface area contributed by atoms with E-state index in [1.807, 2.05) is 37.4 Å². The van der Waals surface area contributed by atoms with Gasteiger partial charge in [-0.15, -0.1) is 11.3 Å². The Morgan fingerprint density at radius 1 is 1.16 bits per heavy atom. The molecular formula is C13H16N2O2S2. The Morgan fingerprint density at radius 3 is 2.58 bits per heavy atom. The Bertz CT molecular complexity index is 621. The van der Waals surface area contributed by atoms with Gasteiger partial charge in [-0.2, -0.15) is 0 Å². The Morgan fingerprint density at radius 2 is 1.89 bits per heavy atom. The molecule has 1 aromatic carbocycles. The quantitative estimate of drug-likeness (QED) is 0.856. The predicted octanol–water partition coefficient (Wildman–Crippen LogP) is 1.95. The van der Waals surface area contributed by atoms with Gasteiger partial charge in [-0.25, -0.2) is 13.1 Å². The number of sulfonamides is 1. The van der Waals surface area contributed by atoms with E-state index in [-0.39, 0.29) is 0 Å². The zero-order chi connectivity index (χ0) is 13.7. The highest BCUT2D eigenvalue weighted by Gasteiger charge is 2.15. The SMILES string of the molecule is CNCc1cc(S(=O)(=O)NCc2ccccc2)cs1. The van der Waals surface area contributed by atoms with Crippen molar-refractivity contribution in [1.82, 2.24) is 10.0 Å². The van der Waals surface area contributed by atoms with Gasteiger partial charge in [0.1, 0.15) is 0 Å². The van der Waals surface area contributed by atoms with E-state index in [2.05, 4.69) is 10.0 Å². The summed E-state index contributed by atoms with van der Waals surface area (Å²) in [6.45, 7) is 0.985. The van der Waals surface area contributed by atoms with Gasteiger partial charge in [0, 0.05) is 23.3 Å². The Labute approximate surface area is 117 Å². The molecule has 102 valence electrons. The second-order valence-corrected chi connectivity index (χ2v) is 6.85. The number of benzene rings is 1. The molecule has 1 heterocycles. The molecule has 0 fully saturated rings. The lowest BCUT2D eigenvalue weighted by atomic mass is 10.2. The average molecular weight is 296 g/mol. The van der Waals surface area contributed by atoms with Crippen molar-refractivity contribution in [2.24, 2.45) is 0 Å². The van der Waals surface area contributed by atoms with Gasteiger partial charge in [0.25, 0.3) is 0 Å². The maximum absolute atomic E-state index is 12.1. The van der Waals surface area contributed by atoms with E-state index in [0.29, 0.717) is 18.0 Å². The number of thiophene rings is 1. The molecule has 19 heavy (non-hydrogen) atoms. The number of rotatable bonds is 6. The van der Waals surface area contributed by atoms with Crippen LogP contribution in [-0.2, 0) is 23.1 Å². The Hall–Kier alpha value is -1.21. The van der Waals surface area contributed by atoms with Gasteiger partial charge in [-0.05, 0) is 18.7 Å². The van der Waals surface area contributed by atoms with Crippen molar-refractivity contribution in [2.75, 3.05) is 7.05 Å². The molecule has 0 aliphatic rings. The summed E-state index contributed by atoms with van der Waals surface area (Å²) in [5.41, 5.74) is 0.941. The third-order valence-corrected chi connectivity index (χ3v) is 5.07. The van der Waals surface area contributed by atoms with Crippen molar-refractivity contribution in [3.8, 4) is 0 Å². The van der Waals surface area contributed by atoms with Crippen molar-refractivity contribution in [1.29, 1.82) is 0 Å². The van der Waals surface area contributed by atoms with Gasteiger partial charge in [0.15, 0.2) is 0 Å². The first kappa shape index (κ1) is 14.2. The minimum atomic E-state index is -3.42. The molecule has 0 radical (unpaired) electrons. The van der Waals surface area contributed by atoms with Crippen LogP contribution in [0.25, 0.3) is 0 Å². The summed E-state index contributed by atoms with van der Waals surface area (Å²) >= 11 is 1.44. The smallest absolute Gasteiger partial charge is 0.241 e. The predicted molar refractivity (Wildman–Crippen MR) is 77.6 cm³/mol. The molecule has 4 nitrogen and oxygen atoms in total. The van der Waals surface area contributed by atoms with Gasteiger partial charge in [-0.1, -0.05) is 30.3 Å². The summed E-state index contributed by atoms with van der Waals surface area (Å²) in [4.78, 5) is 1.33. The van der Waals surface area contributed by atoms with Crippen LogP contribution in [-0.4, -0.2) is 15.5 Å². The molecule has 0 amide bonds. The fourth-order valence-electron chi connectivity index (χ4n) is 1.63. The third kappa shape index (κ3) is 3.87. The summed E-state index contributed by atoms with van der Waals surface area (Å²) in [7, 11) is -1.59. The zero-order valence-corrected chi connectivity index (χ0v) is 12.2. The van der Waals surface area contributed by atoms with Crippen molar-refractivity contribution in [2.45, 2.75) is 18.0 Å². The normalized spacial score (nSPS) is 11.6. The molecule has 0 atom stereocenters. The largest absolute Gasteiger partial charge is 0.315 e. The average Bonchev–Trinajstić information content (AvgIpc) is 2.88. The molecular weight excluding hydrogens is 280 g/mol. The maximum atomic E-state index is 12.1. The Kier molecular flexibility index (Phi) is 4.71. The second kappa shape index (κ2) is 6.29. The molecule has 0 unspecified atom stereocenters. The summed E-state index contributed by atoms with van der Waals surface area (Å²) < 4.78 is 26.8. The highest BCUT2D eigenvalue weighted by molar-refractivity contribution is 7.89. The number of hydrogen-bond acceptors (Lipinski definition) is 4. The van der Waals surface area contributed by atoms with Crippen LogP contribution < -0.4 is 10.0 Å². The standard InChI is InChI=1S/C13H16N2O2S2/c1-14-9-12-7-13(10-18-12)19(16,17)15-8-11-5-3-2-4-6-11/h2-7,10,14-15H,8-9H2,1H3. The van der Waals surface area contributed by atoms with Crippen LogP contribution in [0.1, 0.15) is 10.4 Å².